The molecule has 0 unspecified atom stereocenters. The number of nitrogen functional groups attached to an aromatic ring is 1. The van der Waals surface area contributed by atoms with Crippen molar-refractivity contribution in [2.24, 2.45) is 0 Å². The minimum atomic E-state index is -1.07. The number of nitrogens with two attached hydrogens (primary N) is 1. The molecular weight excluding hydrogens is 228 g/mol. The van der Waals surface area contributed by atoms with Gasteiger partial charge in [-0.1, -0.05) is 0 Å². The summed E-state index contributed by atoms with van der Waals surface area (Å²) >= 11 is 0. The molecule has 0 spiro atoms. The maximum absolute atomic E-state index is 13.1. The molecule has 1 aromatic carbocycles. The summed E-state index contributed by atoms with van der Waals surface area (Å²) in [7, 11) is 0. The van der Waals surface area contributed by atoms with Gasteiger partial charge in [0.05, 0.1) is 10.9 Å². The van der Waals surface area contributed by atoms with Gasteiger partial charge in [-0.3, -0.25) is 4.79 Å². The zero-order valence-electron chi connectivity index (χ0n) is 8.78. The topological polar surface area (TPSA) is 60.9 Å². The molecule has 1 saturated carbocycles. The summed E-state index contributed by atoms with van der Waals surface area (Å²) in [5.41, 5.74) is -0.395. The molecule has 1 fully saturated rings. The van der Waals surface area contributed by atoms with Gasteiger partial charge in [-0.2, -0.15) is 0 Å². The highest BCUT2D eigenvalue weighted by molar-refractivity contribution is 5.77. The Hall–Kier alpha value is -1.98. The summed E-state index contributed by atoms with van der Waals surface area (Å²) in [5, 5.41) is -0.00389. The van der Waals surface area contributed by atoms with Crippen molar-refractivity contribution in [2.75, 3.05) is 5.84 Å². The third-order valence-corrected chi connectivity index (χ3v) is 2.91. The fraction of sp³-hybridized carbons (Fsp3) is 0.273. The van der Waals surface area contributed by atoms with Crippen LogP contribution in [-0.4, -0.2) is 9.66 Å². The van der Waals surface area contributed by atoms with Crippen LogP contribution in [0.2, 0.25) is 0 Å². The number of hydrogen-bond donors (Lipinski definition) is 1. The van der Waals surface area contributed by atoms with Gasteiger partial charge in [-0.25, -0.2) is 18.4 Å². The van der Waals surface area contributed by atoms with E-state index in [-0.39, 0.29) is 16.8 Å². The van der Waals surface area contributed by atoms with Crippen LogP contribution < -0.4 is 11.4 Å². The van der Waals surface area contributed by atoms with Gasteiger partial charge in [0.2, 0.25) is 0 Å². The van der Waals surface area contributed by atoms with E-state index in [2.05, 4.69) is 4.98 Å². The van der Waals surface area contributed by atoms with Gasteiger partial charge >= 0.3 is 0 Å². The van der Waals surface area contributed by atoms with Gasteiger partial charge in [0.1, 0.15) is 5.82 Å². The van der Waals surface area contributed by atoms with Crippen molar-refractivity contribution in [2.45, 2.75) is 18.8 Å². The van der Waals surface area contributed by atoms with Crippen LogP contribution in [0.3, 0.4) is 0 Å². The molecule has 0 amide bonds. The Labute approximate surface area is 94.7 Å². The number of benzene rings is 1. The SMILES string of the molecule is Nn1c(C2CC2)nc2cc(F)c(F)cc2c1=O. The lowest BCUT2D eigenvalue weighted by molar-refractivity contribution is 0.510. The van der Waals surface area contributed by atoms with Gasteiger partial charge in [-0.15, -0.1) is 0 Å². The standard InChI is InChI=1S/C11H9F2N3O/c12-7-3-6-9(4-8(7)13)15-10(5-1-2-5)16(14)11(6)17/h3-5H,1-2,14H2. The van der Waals surface area contributed by atoms with Crippen molar-refractivity contribution in [1.82, 2.24) is 9.66 Å². The number of halogens is 2. The average Bonchev–Trinajstić information content (AvgIpc) is 3.10. The number of aromatic nitrogens is 2. The molecule has 1 aliphatic rings. The van der Waals surface area contributed by atoms with Gasteiger partial charge in [0.25, 0.3) is 5.56 Å². The van der Waals surface area contributed by atoms with Crippen LogP contribution in [0.4, 0.5) is 8.78 Å². The fourth-order valence-electron chi connectivity index (χ4n) is 1.84. The van der Waals surface area contributed by atoms with E-state index in [1.807, 2.05) is 0 Å². The van der Waals surface area contributed by atoms with Crippen molar-refractivity contribution < 1.29 is 8.78 Å². The van der Waals surface area contributed by atoms with Crippen molar-refractivity contribution in [3.05, 3.63) is 39.9 Å². The average molecular weight is 237 g/mol. The highest BCUT2D eigenvalue weighted by atomic mass is 19.2. The smallest absolute Gasteiger partial charge is 0.279 e. The van der Waals surface area contributed by atoms with Crippen LogP contribution in [0, 0.1) is 11.6 Å². The van der Waals surface area contributed by atoms with E-state index in [1.165, 1.54) is 0 Å². The molecule has 2 N–H and O–H groups in total. The number of fused-ring (bicyclic) bond motifs is 1. The molecule has 0 atom stereocenters. The summed E-state index contributed by atoms with van der Waals surface area (Å²) < 4.78 is 27.0. The van der Waals surface area contributed by atoms with E-state index in [0.29, 0.717) is 5.82 Å². The minimum absolute atomic E-state index is 0.00389. The summed E-state index contributed by atoms with van der Waals surface area (Å²) in [6.07, 6.45) is 1.83. The summed E-state index contributed by atoms with van der Waals surface area (Å²) in [5.74, 6) is 4.11. The zero-order chi connectivity index (χ0) is 12.2. The van der Waals surface area contributed by atoms with Crippen molar-refractivity contribution in [1.29, 1.82) is 0 Å². The van der Waals surface area contributed by atoms with Crippen molar-refractivity contribution in [3.63, 3.8) is 0 Å². The summed E-state index contributed by atoms with van der Waals surface area (Å²) in [6, 6.07) is 1.76. The lowest BCUT2D eigenvalue weighted by Crippen LogP contribution is -2.31. The maximum atomic E-state index is 13.1. The first kappa shape index (κ1) is 10.2. The van der Waals surface area contributed by atoms with E-state index in [9.17, 15) is 13.6 Å². The van der Waals surface area contributed by atoms with E-state index >= 15 is 0 Å². The molecule has 17 heavy (non-hydrogen) atoms. The Morgan fingerprint density at radius 1 is 1.29 bits per heavy atom. The fourth-order valence-corrected chi connectivity index (χ4v) is 1.84. The molecule has 6 heteroatoms. The molecule has 3 rings (SSSR count). The third kappa shape index (κ3) is 1.48. The van der Waals surface area contributed by atoms with Crippen LogP contribution in [0.5, 0.6) is 0 Å². The first-order valence-corrected chi connectivity index (χ1v) is 5.24. The lowest BCUT2D eigenvalue weighted by Gasteiger charge is -2.07. The Morgan fingerprint density at radius 3 is 2.59 bits per heavy atom. The van der Waals surface area contributed by atoms with Gasteiger partial charge in [0, 0.05) is 12.0 Å². The minimum Gasteiger partial charge on any atom is -0.335 e. The molecule has 0 aliphatic heterocycles. The number of nitrogens with zero attached hydrogens (tertiary/aromatic N) is 2. The largest absolute Gasteiger partial charge is 0.335 e. The quantitative estimate of drug-likeness (QED) is 0.760. The second-order valence-corrected chi connectivity index (χ2v) is 4.20. The van der Waals surface area contributed by atoms with Crippen molar-refractivity contribution >= 4 is 10.9 Å². The molecule has 88 valence electrons. The predicted molar refractivity (Wildman–Crippen MR) is 58.0 cm³/mol. The maximum Gasteiger partial charge on any atom is 0.279 e. The molecule has 0 bridgehead atoms. The Morgan fingerprint density at radius 2 is 1.94 bits per heavy atom. The molecular formula is C11H9F2N3O. The van der Waals surface area contributed by atoms with Crippen LogP contribution in [0.25, 0.3) is 10.9 Å². The monoisotopic (exact) mass is 237 g/mol. The number of rotatable bonds is 1. The first-order chi connectivity index (χ1) is 8.08. The molecule has 1 aliphatic carbocycles. The highest BCUT2D eigenvalue weighted by Gasteiger charge is 2.29. The second kappa shape index (κ2) is 3.26. The normalized spacial score (nSPS) is 15.4. The summed E-state index contributed by atoms with van der Waals surface area (Å²) in [4.78, 5) is 16.0. The first-order valence-electron chi connectivity index (χ1n) is 5.24. The van der Waals surface area contributed by atoms with Gasteiger partial charge in [-0.05, 0) is 18.9 Å². The van der Waals surface area contributed by atoms with E-state index in [4.69, 9.17) is 5.84 Å². The highest BCUT2D eigenvalue weighted by Crippen LogP contribution is 2.38. The molecule has 0 saturated heterocycles. The predicted octanol–water partition coefficient (Wildman–Crippen LogP) is 1.27. The second-order valence-electron chi connectivity index (χ2n) is 4.20. The number of hydrogen-bond acceptors (Lipinski definition) is 3. The Balaban J connectivity index is 2.39. The Kier molecular flexibility index (Phi) is 1.95. The molecule has 2 aromatic rings. The van der Waals surface area contributed by atoms with Crippen LogP contribution in [0.15, 0.2) is 16.9 Å². The van der Waals surface area contributed by atoms with Crippen LogP contribution in [-0.2, 0) is 0 Å². The Bertz CT molecular complexity index is 676. The molecule has 4 nitrogen and oxygen atoms in total. The van der Waals surface area contributed by atoms with E-state index < -0.39 is 17.2 Å². The van der Waals surface area contributed by atoms with Crippen LogP contribution >= 0.6 is 0 Å². The van der Waals surface area contributed by atoms with Gasteiger partial charge in [0.15, 0.2) is 11.6 Å². The lowest BCUT2D eigenvalue weighted by atomic mass is 10.2. The van der Waals surface area contributed by atoms with E-state index in [0.717, 1.165) is 29.7 Å². The van der Waals surface area contributed by atoms with Crippen LogP contribution in [0.1, 0.15) is 24.6 Å². The molecule has 1 aromatic heterocycles. The summed E-state index contributed by atoms with van der Waals surface area (Å²) in [6.45, 7) is 0. The molecule has 0 radical (unpaired) electrons. The van der Waals surface area contributed by atoms with Crippen molar-refractivity contribution in [3.8, 4) is 0 Å². The third-order valence-electron chi connectivity index (χ3n) is 2.91. The molecule has 1 heterocycles. The van der Waals surface area contributed by atoms with E-state index in [1.54, 1.807) is 0 Å². The zero-order valence-corrected chi connectivity index (χ0v) is 8.78. The van der Waals surface area contributed by atoms with Gasteiger partial charge < -0.3 is 5.84 Å².